The predicted molar refractivity (Wildman–Crippen MR) is 79.6 cm³/mol. The number of rotatable bonds is 8. The zero-order valence-electron chi connectivity index (χ0n) is 12.0. The standard InChI is InChI=1S/C16H16O6/c1-10(2)14(17)7-8-22-12-5-3-11(4-6-12)9-13(15(18)19)16(20)21/h3-6,9H,1,7-8H2,2H3,(H,18,19)(H,20,21). The lowest BCUT2D eigenvalue weighted by atomic mass is 10.1. The first-order valence-electron chi connectivity index (χ1n) is 6.41. The summed E-state index contributed by atoms with van der Waals surface area (Å²) in [6, 6.07) is 6.19. The van der Waals surface area contributed by atoms with Crippen LogP contribution >= 0.6 is 0 Å². The molecule has 0 bridgehead atoms. The van der Waals surface area contributed by atoms with Crippen molar-refractivity contribution in [3.63, 3.8) is 0 Å². The van der Waals surface area contributed by atoms with Gasteiger partial charge in [0, 0.05) is 6.42 Å². The number of allylic oxidation sites excluding steroid dienone is 1. The Morgan fingerprint density at radius 1 is 1.14 bits per heavy atom. The fraction of sp³-hybridized carbons (Fsp3) is 0.188. The quantitative estimate of drug-likeness (QED) is 0.433. The number of hydrogen-bond donors (Lipinski definition) is 2. The third kappa shape index (κ3) is 5.24. The predicted octanol–water partition coefficient (Wildman–Crippen LogP) is 2.15. The van der Waals surface area contributed by atoms with E-state index in [1.165, 1.54) is 12.1 Å². The molecule has 22 heavy (non-hydrogen) atoms. The summed E-state index contributed by atoms with van der Waals surface area (Å²) in [5.41, 5.74) is 0.171. The van der Waals surface area contributed by atoms with Crippen molar-refractivity contribution < 1.29 is 29.3 Å². The van der Waals surface area contributed by atoms with E-state index >= 15 is 0 Å². The maximum absolute atomic E-state index is 11.3. The molecular weight excluding hydrogens is 288 g/mol. The largest absolute Gasteiger partial charge is 0.493 e. The normalized spacial score (nSPS) is 9.68. The molecule has 0 aliphatic rings. The van der Waals surface area contributed by atoms with Gasteiger partial charge in [-0.15, -0.1) is 0 Å². The molecular formula is C16H16O6. The van der Waals surface area contributed by atoms with Crippen LogP contribution in [0.4, 0.5) is 0 Å². The summed E-state index contributed by atoms with van der Waals surface area (Å²) in [6.07, 6.45) is 1.28. The topological polar surface area (TPSA) is 101 Å². The van der Waals surface area contributed by atoms with Gasteiger partial charge in [0.05, 0.1) is 6.61 Å². The van der Waals surface area contributed by atoms with E-state index in [2.05, 4.69) is 6.58 Å². The van der Waals surface area contributed by atoms with E-state index in [-0.39, 0.29) is 18.8 Å². The SMILES string of the molecule is C=C(C)C(=O)CCOc1ccc(C=C(C(=O)O)C(=O)O)cc1. The van der Waals surface area contributed by atoms with Gasteiger partial charge >= 0.3 is 11.9 Å². The molecule has 0 saturated carbocycles. The number of carbonyl (C=O) groups excluding carboxylic acids is 1. The molecule has 0 saturated heterocycles. The summed E-state index contributed by atoms with van der Waals surface area (Å²) in [5, 5.41) is 17.5. The summed E-state index contributed by atoms with van der Waals surface area (Å²) < 4.78 is 5.37. The van der Waals surface area contributed by atoms with E-state index in [4.69, 9.17) is 14.9 Å². The van der Waals surface area contributed by atoms with Gasteiger partial charge in [-0.1, -0.05) is 18.7 Å². The minimum absolute atomic E-state index is 0.0767. The number of benzene rings is 1. The van der Waals surface area contributed by atoms with Crippen molar-refractivity contribution in [2.24, 2.45) is 0 Å². The van der Waals surface area contributed by atoms with Crippen molar-refractivity contribution in [3.8, 4) is 5.75 Å². The molecule has 0 heterocycles. The van der Waals surface area contributed by atoms with Crippen molar-refractivity contribution in [1.82, 2.24) is 0 Å². The fourth-order valence-electron chi connectivity index (χ4n) is 1.52. The average Bonchev–Trinajstić information content (AvgIpc) is 2.45. The van der Waals surface area contributed by atoms with Gasteiger partial charge in [-0.25, -0.2) is 9.59 Å². The smallest absolute Gasteiger partial charge is 0.343 e. The van der Waals surface area contributed by atoms with E-state index in [0.29, 0.717) is 16.9 Å². The number of carboxylic acids is 2. The van der Waals surface area contributed by atoms with Crippen LogP contribution in [-0.4, -0.2) is 34.5 Å². The minimum Gasteiger partial charge on any atom is -0.493 e. The van der Waals surface area contributed by atoms with E-state index in [0.717, 1.165) is 6.08 Å². The van der Waals surface area contributed by atoms with E-state index in [1.807, 2.05) is 0 Å². The first-order chi connectivity index (χ1) is 10.3. The van der Waals surface area contributed by atoms with Crippen molar-refractivity contribution >= 4 is 23.8 Å². The highest BCUT2D eigenvalue weighted by Gasteiger charge is 2.15. The maximum atomic E-state index is 11.3. The summed E-state index contributed by atoms with van der Waals surface area (Å²) in [4.78, 5) is 32.9. The van der Waals surface area contributed by atoms with Gasteiger partial charge in [0.15, 0.2) is 5.78 Å². The van der Waals surface area contributed by atoms with E-state index < -0.39 is 17.5 Å². The summed E-state index contributed by atoms with van der Waals surface area (Å²) in [7, 11) is 0. The molecule has 0 aliphatic heterocycles. The molecule has 0 fully saturated rings. The van der Waals surface area contributed by atoms with Gasteiger partial charge in [-0.05, 0) is 36.3 Å². The van der Waals surface area contributed by atoms with Crippen LogP contribution in [0, 0.1) is 0 Å². The van der Waals surface area contributed by atoms with Crippen LogP contribution in [0.15, 0.2) is 42.0 Å². The Kier molecular flexibility index (Phi) is 6.07. The summed E-state index contributed by atoms with van der Waals surface area (Å²) in [5.74, 6) is -2.59. The number of hydrogen-bond acceptors (Lipinski definition) is 4. The van der Waals surface area contributed by atoms with Crippen LogP contribution in [0.1, 0.15) is 18.9 Å². The van der Waals surface area contributed by atoms with Crippen LogP contribution < -0.4 is 4.74 Å². The van der Waals surface area contributed by atoms with Gasteiger partial charge in [0.1, 0.15) is 11.3 Å². The number of ether oxygens (including phenoxy) is 1. The van der Waals surface area contributed by atoms with Gasteiger partial charge < -0.3 is 14.9 Å². The number of carbonyl (C=O) groups is 3. The molecule has 1 rings (SSSR count). The fourth-order valence-corrected chi connectivity index (χ4v) is 1.52. The second-order valence-corrected chi connectivity index (χ2v) is 4.54. The molecule has 0 amide bonds. The Morgan fingerprint density at radius 2 is 1.68 bits per heavy atom. The summed E-state index contributed by atoms with van der Waals surface area (Å²) in [6.45, 7) is 5.38. The zero-order chi connectivity index (χ0) is 16.7. The highest BCUT2D eigenvalue weighted by molar-refractivity contribution is 6.16. The Hall–Kier alpha value is -2.89. The van der Waals surface area contributed by atoms with Crippen LogP contribution in [0.2, 0.25) is 0 Å². The molecule has 0 radical (unpaired) electrons. The Labute approximate surface area is 127 Å². The lowest BCUT2D eigenvalue weighted by Crippen LogP contribution is -2.10. The molecule has 0 atom stereocenters. The molecule has 1 aromatic carbocycles. The van der Waals surface area contributed by atoms with Gasteiger partial charge in [0.2, 0.25) is 0 Å². The third-order valence-corrected chi connectivity index (χ3v) is 2.73. The van der Waals surface area contributed by atoms with Crippen molar-refractivity contribution in [2.75, 3.05) is 6.61 Å². The zero-order valence-corrected chi connectivity index (χ0v) is 12.0. The molecule has 1 aromatic rings. The Balaban J connectivity index is 2.69. The number of Topliss-reactive ketones (excluding diaryl/α,β-unsaturated/α-hetero) is 1. The van der Waals surface area contributed by atoms with Crippen molar-refractivity contribution in [3.05, 3.63) is 47.6 Å². The first-order valence-corrected chi connectivity index (χ1v) is 6.41. The van der Waals surface area contributed by atoms with Crippen LogP contribution in [0.3, 0.4) is 0 Å². The number of ketones is 1. The van der Waals surface area contributed by atoms with Crippen LogP contribution in [-0.2, 0) is 14.4 Å². The Morgan fingerprint density at radius 3 is 2.14 bits per heavy atom. The monoisotopic (exact) mass is 304 g/mol. The lowest BCUT2D eigenvalue weighted by molar-refractivity contribution is -0.140. The van der Waals surface area contributed by atoms with Gasteiger partial charge in [-0.3, -0.25) is 4.79 Å². The van der Waals surface area contributed by atoms with E-state index in [1.54, 1.807) is 19.1 Å². The molecule has 6 nitrogen and oxygen atoms in total. The Bertz CT molecular complexity index is 609. The molecule has 0 spiro atoms. The van der Waals surface area contributed by atoms with Crippen LogP contribution in [0.5, 0.6) is 5.75 Å². The number of aliphatic carboxylic acids is 2. The van der Waals surface area contributed by atoms with Gasteiger partial charge in [0.25, 0.3) is 0 Å². The van der Waals surface area contributed by atoms with Crippen molar-refractivity contribution in [1.29, 1.82) is 0 Å². The second-order valence-electron chi connectivity index (χ2n) is 4.54. The molecule has 116 valence electrons. The molecule has 2 N–H and O–H groups in total. The number of carboxylic acid groups (broad SMARTS) is 2. The summed E-state index contributed by atoms with van der Waals surface area (Å²) >= 11 is 0. The highest BCUT2D eigenvalue weighted by atomic mass is 16.5. The van der Waals surface area contributed by atoms with Crippen molar-refractivity contribution in [2.45, 2.75) is 13.3 Å². The van der Waals surface area contributed by atoms with E-state index in [9.17, 15) is 14.4 Å². The second kappa shape index (κ2) is 7.78. The average molecular weight is 304 g/mol. The molecule has 0 aliphatic carbocycles. The first kappa shape index (κ1) is 17.2. The highest BCUT2D eigenvalue weighted by Crippen LogP contribution is 2.15. The molecule has 6 heteroatoms. The molecule has 0 aromatic heterocycles. The van der Waals surface area contributed by atoms with Crippen LogP contribution in [0.25, 0.3) is 6.08 Å². The maximum Gasteiger partial charge on any atom is 0.343 e. The third-order valence-electron chi connectivity index (χ3n) is 2.73. The van der Waals surface area contributed by atoms with Gasteiger partial charge in [-0.2, -0.15) is 0 Å². The molecule has 0 unspecified atom stereocenters. The minimum atomic E-state index is -1.51. The lowest BCUT2D eigenvalue weighted by Gasteiger charge is -2.06.